The highest BCUT2D eigenvalue weighted by Crippen LogP contribution is 2.23. The summed E-state index contributed by atoms with van der Waals surface area (Å²) in [6, 6.07) is 3.86. The number of carbonyl (C=O) groups excluding carboxylic acids is 1. The molecule has 0 spiro atoms. The van der Waals surface area contributed by atoms with Crippen LogP contribution < -0.4 is 15.2 Å². The molecule has 1 rings (SSSR count). The van der Waals surface area contributed by atoms with E-state index in [1.807, 2.05) is 0 Å². The van der Waals surface area contributed by atoms with Gasteiger partial charge in [0.25, 0.3) is 0 Å². The van der Waals surface area contributed by atoms with Gasteiger partial charge in [0.15, 0.2) is 0 Å². The highest BCUT2D eigenvalue weighted by Gasteiger charge is 2.19. The summed E-state index contributed by atoms with van der Waals surface area (Å²) in [6.45, 7) is 2.03. The van der Waals surface area contributed by atoms with Gasteiger partial charge >= 0.3 is 5.97 Å². The molecule has 1 aromatic rings. The highest BCUT2D eigenvalue weighted by molar-refractivity contribution is 7.89. The van der Waals surface area contributed by atoms with Crippen LogP contribution in [0.1, 0.15) is 23.7 Å². The van der Waals surface area contributed by atoms with Gasteiger partial charge in [-0.25, -0.2) is 17.9 Å². The first-order valence-electron chi connectivity index (χ1n) is 6.33. The lowest BCUT2D eigenvalue weighted by Gasteiger charge is -2.11. The van der Waals surface area contributed by atoms with E-state index in [0.717, 1.165) is 0 Å². The molecule has 118 valence electrons. The van der Waals surface area contributed by atoms with Crippen molar-refractivity contribution in [2.45, 2.75) is 24.3 Å². The number of hydrogen-bond acceptors (Lipinski definition) is 6. The third-order valence-corrected chi connectivity index (χ3v) is 4.24. The SMILES string of the molecule is COC(=O)c1ccc(S(=O)(=O)NCCC(C)N)cc1OC. The van der Waals surface area contributed by atoms with E-state index < -0.39 is 16.0 Å². The molecule has 0 bridgehead atoms. The van der Waals surface area contributed by atoms with E-state index in [1.165, 1.54) is 32.4 Å². The van der Waals surface area contributed by atoms with Crippen LogP contribution in [0, 0.1) is 0 Å². The normalized spacial score (nSPS) is 12.8. The second-order valence-corrected chi connectivity index (χ2v) is 6.28. The minimum Gasteiger partial charge on any atom is -0.496 e. The van der Waals surface area contributed by atoms with Gasteiger partial charge in [-0.15, -0.1) is 0 Å². The van der Waals surface area contributed by atoms with Crippen molar-refractivity contribution in [2.75, 3.05) is 20.8 Å². The fourth-order valence-electron chi connectivity index (χ4n) is 1.62. The Hall–Kier alpha value is -1.64. The minimum atomic E-state index is -3.68. The maximum atomic E-state index is 12.1. The Balaban J connectivity index is 3.00. The van der Waals surface area contributed by atoms with Crippen molar-refractivity contribution in [3.05, 3.63) is 23.8 Å². The van der Waals surface area contributed by atoms with E-state index in [-0.39, 0.29) is 28.8 Å². The number of ether oxygens (including phenoxy) is 2. The number of methoxy groups -OCH3 is 2. The molecule has 0 fully saturated rings. The second kappa shape index (κ2) is 7.39. The van der Waals surface area contributed by atoms with Crippen molar-refractivity contribution in [2.24, 2.45) is 5.73 Å². The summed E-state index contributed by atoms with van der Waals surface area (Å²) in [6.07, 6.45) is 0.524. The number of esters is 1. The van der Waals surface area contributed by atoms with Gasteiger partial charge in [-0.05, 0) is 25.5 Å². The van der Waals surface area contributed by atoms with Gasteiger partial charge in [-0.2, -0.15) is 0 Å². The number of benzene rings is 1. The van der Waals surface area contributed by atoms with Gasteiger partial charge < -0.3 is 15.2 Å². The van der Waals surface area contributed by atoms with Crippen molar-refractivity contribution in [1.29, 1.82) is 0 Å². The number of nitrogens with one attached hydrogen (secondary N) is 1. The molecule has 1 aromatic carbocycles. The Bertz CT molecular complexity index is 599. The number of hydrogen-bond donors (Lipinski definition) is 2. The first-order valence-corrected chi connectivity index (χ1v) is 7.81. The molecule has 0 heterocycles. The predicted molar refractivity (Wildman–Crippen MR) is 77.8 cm³/mol. The van der Waals surface area contributed by atoms with Crippen LogP contribution in [0.15, 0.2) is 23.1 Å². The van der Waals surface area contributed by atoms with Crippen LogP contribution in [0.25, 0.3) is 0 Å². The summed E-state index contributed by atoms with van der Waals surface area (Å²) in [4.78, 5) is 11.5. The van der Waals surface area contributed by atoms with Crippen molar-refractivity contribution in [3.63, 3.8) is 0 Å². The fourth-order valence-corrected chi connectivity index (χ4v) is 2.68. The lowest BCUT2D eigenvalue weighted by Crippen LogP contribution is -2.29. The van der Waals surface area contributed by atoms with Gasteiger partial charge in [0.2, 0.25) is 10.0 Å². The van der Waals surface area contributed by atoms with E-state index in [2.05, 4.69) is 9.46 Å². The first-order chi connectivity index (χ1) is 9.81. The number of carbonyl (C=O) groups is 1. The molecule has 21 heavy (non-hydrogen) atoms. The average molecular weight is 316 g/mol. The van der Waals surface area contributed by atoms with Gasteiger partial charge in [0, 0.05) is 18.7 Å². The largest absolute Gasteiger partial charge is 0.496 e. The lowest BCUT2D eigenvalue weighted by molar-refractivity contribution is 0.0597. The molecule has 1 atom stereocenters. The Morgan fingerprint density at radius 2 is 2.05 bits per heavy atom. The number of nitrogens with two attached hydrogens (primary N) is 1. The Labute approximate surface area is 124 Å². The summed E-state index contributed by atoms with van der Waals surface area (Å²) >= 11 is 0. The monoisotopic (exact) mass is 316 g/mol. The predicted octanol–water partition coefficient (Wildman–Crippen LogP) is 0.497. The molecular formula is C13H20N2O5S. The van der Waals surface area contributed by atoms with Crippen LogP contribution in [0.3, 0.4) is 0 Å². The smallest absolute Gasteiger partial charge is 0.341 e. The number of rotatable bonds is 7. The third kappa shape index (κ3) is 4.69. The van der Waals surface area contributed by atoms with Gasteiger partial charge in [-0.1, -0.05) is 0 Å². The zero-order chi connectivity index (χ0) is 16.0. The molecule has 1 unspecified atom stereocenters. The zero-order valence-electron chi connectivity index (χ0n) is 12.3. The zero-order valence-corrected chi connectivity index (χ0v) is 13.1. The van der Waals surface area contributed by atoms with Crippen LogP contribution in [-0.4, -0.2) is 41.2 Å². The molecule has 0 saturated carbocycles. The van der Waals surface area contributed by atoms with Crippen molar-refractivity contribution < 1.29 is 22.7 Å². The molecule has 7 nitrogen and oxygen atoms in total. The van der Waals surface area contributed by atoms with Crippen LogP contribution in [-0.2, 0) is 14.8 Å². The van der Waals surface area contributed by atoms with Crippen molar-refractivity contribution in [1.82, 2.24) is 4.72 Å². The van der Waals surface area contributed by atoms with Gasteiger partial charge in [0.1, 0.15) is 11.3 Å². The molecule has 0 aromatic heterocycles. The fraction of sp³-hybridized carbons (Fsp3) is 0.462. The Kier molecular flexibility index (Phi) is 6.13. The summed E-state index contributed by atoms with van der Waals surface area (Å²) in [5, 5.41) is 0. The van der Waals surface area contributed by atoms with Crippen LogP contribution in [0.4, 0.5) is 0 Å². The molecule has 0 amide bonds. The first kappa shape index (κ1) is 17.4. The van der Waals surface area contributed by atoms with E-state index in [1.54, 1.807) is 6.92 Å². The molecule has 0 radical (unpaired) electrons. The topological polar surface area (TPSA) is 108 Å². The molecule has 0 aliphatic rings. The van der Waals surface area contributed by atoms with Crippen LogP contribution in [0.2, 0.25) is 0 Å². The van der Waals surface area contributed by atoms with Crippen LogP contribution >= 0.6 is 0 Å². The van der Waals surface area contributed by atoms with E-state index in [9.17, 15) is 13.2 Å². The second-order valence-electron chi connectivity index (χ2n) is 4.52. The maximum absolute atomic E-state index is 12.1. The summed E-state index contributed by atoms with van der Waals surface area (Å²) in [5.74, 6) is -0.461. The van der Waals surface area contributed by atoms with Crippen LogP contribution in [0.5, 0.6) is 5.75 Å². The molecule has 0 aliphatic carbocycles. The Morgan fingerprint density at radius 3 is 2.57 bits per heavy atom. The molecular weight excluding hydrogens is 296 g/mol. The molecule has 0 saturated heterocycles. The van der Waals surface area contributed by atoms with Crippen molar-refractivity contribution in [3.8, 4) is 5.75 Å². The highest BCUT2D eigenvalue weighted by atomic mass is 32.2. The summed E-state index contributed by atoms with van der Waals surface area (Å²) < 4.78 is 36.3. The lowest BCUT2D eigenvalue weighted by atomic mass is 10.2. The van der Waals surface area contributed by atoms with Gasteiger partial charge in [-0.3, -0.25) is 0 Å². The summed E-state index contributed by atoms with van der Waals surface area (Å²) in [7, 11) is -1.09. The minimum absolute atomic E-state index is 0.0108. The standard InChI is InChI=1S/C13H20N2O5S/c1-9(14)6-7-15-21(17,18)10-4-5-11(13(16)20-3)12(8-10)19-2/h4-5,8-9,15H,6-7,14H2,1-3H3. The third-order valence-electron chi connectivity index (χ3n) is 2.78. The molecule has 8 heteroatoms. The quantitative estimate of drug-likeness (QED) is 0.709. The molecule has 3 N–H and O–H groups in total. The maximum Gasteiger partial charge on any atom is 0.341 e. The van der Waals surface area contributed by atoms with Crippen molar-refractivity contribution >= 4 is 16.0 Å². The van der Waals surface area contributed by atoms with Gasteiger partial charge in [0.05, 0.1) is 19.1 Å². The number of sulfonamides is 1. The molecule has 0 aliphatic heterocycles. The van der Waals surface area contributed by atoms with E-state index >= 15 is 0 Å². The average Bonchev–Trinajstić information content (AvgIpc) is 2.45. The summed E-state index contributed by atoms with van der Waals surface area (Å²) in [5.41, 5.74) is 5.73. The van der Waals surface area contributed by atoms with E-state index in [4.69, 9.17) is 10.5 Å². The van der Waals surface area contributed by atoms with E-state index in [0.29, 0.717) is 6.42 Å². The Morgan fingerprint density at radius 1 is 1.38 bits per heavy atom.